The number of carboxylic acids is 1. The molecule has 0 aliphatic heterocycles. The Hall–Kier alpha value is -3.29. The van der Waals surface area contributed by atoms with Crippen molar-refractivity contribution in [2.24, 2.45) is 0 Å². The molecule has 8 heteroatoms. The number of carbonyl (C=O) groups excluding carboxylic acids is 1. The van der Waals surface area contributed by atoms with E-state index >= 15 is 0 Å². The highest BCUT2D eigenvalue weighted by molar-refractivity contribution is 5.85. The molecule has 0 aromatic carbocycles. The van der Waals surface area contributed by atoms with E-state index in [9.17, 15) is 9.59 Å². The van der Waals surface area contributed by atoms with Gasteiger partial charge in [0.15, 0.2) is 0 Å². The van der Waals surface area contributed by atoms with E-state index in [-0.39, 0.29) is 12.5 Å². The van der Waals surface area contributed by atoms with Crippen LogP contribution in [-0.2, 0) is 9.59 Å². The van der Waals surface area contributed by atoms with E-state index in [1.54, 1.807) is 31.7 Å². The Morgan fingerprint density at radius 2 is 2.00 bits per heavy atom. The minimum absolute atomic E-state index is 0.0915. The topological polar surface area (TPSA) is 117 Å². The summed E-state index contributed by atoms with van der Waals surface area (Å²) < 4.78 is 0. The molecule has 0 spiro atoms. The average molecular weight is 313 g/mol. The molecule has 0 unspecified atom stereocenters. The van der Waals surface area contributed by atoms with Gasteiger partial charge in [-0.1, -0.05) is 0 Å². The van der Waals surface area contributed by atoms with Gasteiger partial charge in [-0.2, -0.15) is 0 Å². The Kier molecular flexibility index (Phi) is 5.35. The maximum atomic E-state index is 11.2. The van der Waals surface area contributed by atoms with E-state index in [1.165, 1.54) is 12.3 Å². The Bertz CT molecular complexity index is 745. The summed E-state index contributed by atoms with van der Waals surface area (Å²) in [4.78, 5) is 34.3. The van der Waals surface area contributed by atoms with Gasteiger partial charge in [0.2, 0.25) is 5.91 Å². The summed E-state index contributed by atoms with van der Waals surface area (Å²) in [6, 6.07) is 1.75. The number of nitrogens with one attached hydrogen (secondary N) is 2. The number of likely N-dealkylation sites (N-methyl/N-ethyl adjacent to an activating group) is 1. The molecule has 0 bridgehead atoms. The molecule has 2 aromatic rings. The molecule has 2 aromatic heterocycles. The zero-order valence-corrected chi connectivity index (χ0v) is 12.4. The van der Waals surface area contributed by atoms with Crippen LogP contribution in [0.5, 0.6) is 0 Å². The quantitative estimate of drug-likeness (QED) is 0.675. The number of nitrogens with zero attached hydrogens (tertiary/aromatic N) is 3. The normalized spacial score (nSPS) is 10.5. The lowest BCUT2D eigenvalue weighted by molar-refractivity contribution is -0.131. The standard InChI is InChI=1S/C15H15N5O3/c1-16-14(21)9-19-13-8-18-7-12(20-13)11-4-10(5-17-6-11)2-3-15(22)23/h2-8H,9H2,1H3,(H,16,21)(H,19,20)(H,22,23)/b3-2+. The molecule has 0 aliphatic rings. The van der Waals surface area contributed by atoms with Gasteiger partial charge in [-0.25, -0.2) is 9.78 Å². The Morgan fingerprint density at radius 1 is 1.22 bits per heavy atom. The number of amides is 1. The molecule has 0 saturated carbocycles. The van der Waals surface area contributed by atoms with Crippen LogP contribution in [0.4, 0.5) is 5.82 Å². The van der Waals surface area contributed by atoms with E-state index < -0.39 is 5.97 Å². The van der Waals surface area contributed by atoms with Crippen molar-refractivity contribution in [1.82, 2.24) is 20.3 Å². The third kappa shape index (κ3) is 4.88. The van der Waals surface area contributed by atoms with Gasteiger partial charge in [0.1, 0.15) is 5.82 Å². The second-order valence-corrected chi connectivity index (χ2v) is 4.49. The van der Waals surface area contributed by atoms with Crippen molar-refractivity contribution in [1.29, 1.82) is 0 Å². The number of aliphatic carboxylic acids is 1. The fourth-order valence-corrected chi connectivity index (χ4v) is 1.71. The highest BCUT2D eigenvalue weighted by Crippen LogP contribution is 2.18. The van der Waals surface area contributed by atoms with Gasteiger partial charge in [-0.15, -0.1) is 0 Å². The number of carbonyl (C=O) groups is 2. The van der Waals surface area contributed by atoms with Gasteiger partial charge in [-0.3, -0.25) is 14.8 Å². The molecular formula is C15H15N5O3. The van der Waals surface area contributed by atoms with Crippen LogP contribution in [0, 0.1) is 0 Å². The number of hydrogen-bond donors (Lipinski definition) is 3. The maximum absolute atomic E-state index is 11.2. The van der Waals surface area contributed by atoms with Crippen LogP contribution < -0.4 is 10.6 Å². The summed E-state index contributed by atoms with van der Waals surface area (Å²) >= 11 is 0. The van der Waals surface area contributed by atoms with Crippen LogP contribution in [0.25, 0.3) is 17.3 Å². The van der Waals surface area contributed by atoms with Gasteiger partial charge in [-0.05, 0) is 17.7 Å². The highest BCUT2D eigenvalue weighted by Gasteiger charge is 2.05. The van der Waals surface area contributed by atoms with E-state index in [0.29, 0.717) is 22.6 Å². The Morgan fingerprint density at radius 3 is 2.74 bits per heavy atom. The second kappa shape index (κ2) is 7.64. The van der Waals surface area contributed by atoms with E-state index in [2.05, 4.69) is 25.6 Å². The van der Waals surface area contributed by atoms with Gasteiger partial charge >= 0.3 is 5.97 Å². The fourth-order valence-electron chi connectivity index (χ4n) is 1.71. The van der Waals surface area contributed by atoms with Gasteiger partial charge in [0, 0.05) is 31.1 Å². The number of aromatic nitrogens is 3. The minimum Gasteiger partial charge on any atom is -0.478 e. The van der Waals surface area contributed by atoms with E-state index in [1.807, 2.05) is 0 Å². The van der Waals surface area contributed by atoms with E-state index in [0.717, 1.165) is 6.08 Å². The average Bonchev–Trinajstić information content (AvgIpc) is 2.58. The van der Waals surface area contributed by atoms with Crippen molar-refractivity contribution in [3.63, 3.8) is 0 Å². The molecule has 8 nitrogen and oxygen atoms in total. The lowest BCUT2D eigenvalue weighted by Gasteiger charge is -2.06. The first-order valence-corrected chi connectivity index (χ1v) is 6.71. The third-order valence-electron chi connectivity index (χ3n) is 2.82. The fraction of sp³-hybridized carbons (Fsp3) is 0.133. The van der Waals surface area contributed by atoms with Gasteiger partial charge in [0.05, 0.1) is 24.6 Å². The summed E-state index contributed by atoms with van der Waals surface area (Å²) in [5.41, 5.74) is 1.88. The van der Waals surface area contributed by atoms with E-state index in [4.69, 9.17) is 5.11 Å². The molecule has 0 fully saturated rings. The van der Waals surface area contributed by atoms with Crippen LogP contribution in [-0.4, -0.2) is 45.5 Å². The van der Waals surface area contributed by atoms with Crippen molar-refractivity contribution < 1.29 is 14.7 Å². The summed E-state index contributed by atoms with van der Waals surface area (Å²) in [5, 5.41) is 14.0. The largest absolute Gasteiger partial charge is 0.478 e. The number of hydrogen-bond acceptors (Lipinski definition) is 6. The van der Waals surface area contributed by atoms with Crippen LogP contribution in [0.15, 0.2) is 36.9 Å². The monoisotopic (exact) mass is 313 g/mol. The molecule has 1 amide bonds. The van der Waals surface area contributed by atoms with Crippen molar-refractivity contribution in [3.8, 4) is 11.3 Å². The van der Waals surface area contributed by atoms with Crippen molar-refractivity contribution in [2.75, 3.05) is 18.9 Å². The highest BCUT2D eigenvalue weighted by atomic mass is 16.4. The summed E-state index contributed by atoms with van der Waals surface area (Å²) in [5.74, 6) is -0.743. The third-order valence-corrected chi connectivity index (χ3v) is 2.82. The van der Waals surface area contributed by atoms with Crippen LogP contribution >= 0.6 is 0 Å². The first-order chi connectivity index (χ1) is 11.1. The Labute approximate surface area is 132 Å². The Balaban J connectivity index is 2.20. The van der Waals surface area contributed by atoms with Crippen molar-refractivity contribution >= 4 is 23.8 Å². The lowest BCUT2D eigenvalue weighted by Crippen LogP contribution is -2.26. The lowest BCUT2D eigenvalue weighted by atomic mass is 10.1. The van der Waals surface area contributed by atoms with Gasteiger partial charge < -0.3 is 15.7 Å². The van der Waals surface area contributed by atoms with Crippen LogP contribution in [0.2, 0.25) is 0 Å². The predicted octanol–water partition coefficient (Wildman–Crippen LogP) is 0.794. The summed E-state index contributed by atoms with van der Waals surface area (Å²) in [6.45, 7) is 0.0915. The number of carboxylic acid groups (broad SMARTS) is 1. The molecule has 0 aliphatic carbocycles. The maximum Gasteiger partial charge on any atom is 0.328 e. The summed E-state index contributed by atoms with van der Waals surface area (Å²) in [6.07, 6.45) is 8.70. The van der Waals surface area contributed by atoms with Crippen LogP contribution in [0.3, 0.4) is 0 Å². The molecule has 118 valence electrons. The van der Waals surface area contributed by atoms with Crippen LogP contribution in [0.1, 0.15) is 5.56 Å². The van der Waals surface area contributed by atoms with Crippen molar-refractivity contribution in [2.45, 2.75) is 0 Å². The zero-order valence-electron chi connectivity index (χ0n) is 12.4. The molecule has 2 heterocycles. The van der Waals surface area contributed by atoms with Gasteiger partial charge in [0.25, 0.3) is 0 Å². The number of anilines is 1. The first-order valence-electron chi connectivity index (χ1n) is 6.71. The zero-order chi connectivity index (χ0) is 16.7. The SMILES string of the molecule is CNC(=O)CNc1cncc(-c2cncc(/C=C/C(=O)O)c2)n1. The molecule has 2 rings (SSSR count). The summed E-state index contributed by atoms with van der Waals surface area (Å²) in [7, 11) is 1.55. The number of rotatable bonds is 6. The first kappa shape index (κ1) is 16.1. The predicted molar refractivity (Wildman–Crippen MR) is 84.5 cm³/mol. The molecule has 23 heavy (non-hydrogen) atoms. The van der Waals surface area contributed by atoms with Crippen molar-refractivity contribution in [3.05, 3.63) is 42.5 Å². The smallest absolute Gasteiger partial charge is 0.328 e. The molecular weight excluding hydrogens is 298 g/mol. The molecule has 3 N–H and O–H groups in total. The molecule has 0 saturated heterocycles. The molecule has 0 radical (unpaired) electrons. The minimum atomic E-state index is -1.03. The number of pyridine rings is 1. The second-order valence-electron chi connectivity index (χ2n) is 4.49. The molecule has 0 atom stereocenters.